The van der Waals surface area contributed by atoms with Crippen LogP contribution in [-0.4, -0.2) is 49.3 Å². The number of likely N-dealkylation sites (tertiary alicyclic amines) is 1. The largest absolute Gasteiger partial charge is 0.392 e. The maximum atomic E-state index is 9.98. The van der Waals surface area contributed by atoms with E-state index in [1.807, 2.05) is 0 Å². The second-order valence-corrected chi connectivity index (χ2v) is 6.31. The second kappa shape index (κ2) is 5.68. The van der Waals surface area contributed by atoms with Gasteiger partial charge in [0.1, 0.15) is 0 Å². The fourth-order valence-corrected chi connectivity index (χ4v) is 3.62. The molecular weight excluding hydrogens is 212 g/mol. The van der Waals surface area contributed by atoms with Crippen LogP contribution in [-0.2, 0) is 0 Å². The molecule has 0 radical (unpaired) electrons. The molecule has 2 aliphatic rings. The minimum absolute atomic E-state index is 0.114. The summed E-state index contributed by atoms with van der Waals surface area (Å²) < 4.78 is 0. The highest BCUT2D eigenvalue weighted by Gasteiger charge is 2.36. The van der Waals surface area contributed by atoms with E-state index in [2.05, 4.69) is 24.2 Å². The summed E-state index contributed by atoms with van der Waals surface area (Å²) in [5, 5.41) is 13.3. The lowest BCUT2D eigenvalue weighted by atomic mass is 9.84. The van der Waals surface area contributed by atoms with Crippen molar-refractivity contribution in [3.63, 3.8) is 0 Å². The molecule has 3 heteroatoms. The van der Waals surface area contributed by atoms with Crippen molar-refractivity contribution in [2.45, 2.75) is 45.1 Å². The van der Waals surface area contributed by atoms with Crippen LogP contribution in [0.1, 0.15) is 39.0 Å². The lowest BCUT2D eigenvalue weighted by molar-refractivity contribution is 0.0105. The summed E-state index contributed by atoms with van der Waals surface area (Å²) in [7, 11) is 2.06. The van der Waals surface area contributed by atoms with Crippen molar-refractivity contribution in [3.05, 3.63) is 0 Å². The Bertz CT molecular complexity index is 238. The van der Waals surface area contributed by atoms with Gasteiger partial charge in [-0.15, -0.1) is 0 Å². The van der Waals surface area contributed by atoms with E-state index in [9.17, 15) is 5.11 Å². The van der Waals surface area contributed by atoms with E-state index < -0.39 is 0 Å². The summed E-state index contributed by atoms with van der Waals surface area (Å²) in [5.74, 6) is 0.482. The van der Waals surface area contributed by atoms with Crippen molar-refractivity contribution in [2.75, 3.05) is 33.2 Å². The molecule has 2 N–H and O–H groups in total. The molecule has 1 heterocycles. The molecule has 2 unspecified atom stereocenters. The number of hydrogen-bond donors (Lipinski definition) is 2. The minimum Gasteiger partial charge on any atom is -0.392 e. The number of nitrogens with one attached hydrogen (secondary N) is 1. The minimum atomic E-state index is -0.114. The van der Waals surface area contributed by atoms with Crippen LogP contribution in [0.4, 0.5) is 0 Å². The number of β-amino-alcohol motifs (C(OH)–C–C–N with tert-alkyl or cyclic N) is 1. The van der Waals surface area contributed by atoms with Gasteiger partial charge in [-0.1, -0.05) is 19.8 Å². The summed E-state index contributed by atoms with van der Waals surface area (Å²) in [6.45, 7) is 6.53. The first-order valence-corrected chi connectivity index (χ1v) is 7.20. The van der Waals surface area contributed by atoms with E-state index in [0.29, 0.717) is 11.3 Å². The summed E-state index contributed by atoms with van der Waals surface area (Å²) in [6, 6.07) is 0. The number of aliphatic hydroxyl groups is 1. The zero-order valence-corrected chi connectivity index (χ0v) is 11.4. The van der Waals surface area contributed by atoms with E-state index in [1.165, 1.54) is 38.8 Å². The maximum absolute atomic E-state index is 9.98. The molecular formula is C14H28N2O. The Labute approximate surface area is 106 Å². The molecule has 1 aliphatic carbocycles. The van der Waals surface area contributed by atoms with Crippen LogP contribution in [0.2, 0.25) is 0 Å². The highest BCUT2D eigenvalue weighted by Crippen LogP contribution is 2.38. The van der Waals surface area contributed by atoms with Gasteiger partial charge >= 0.3 is 0 Å². The Balaban J connectivity index is 1.90. The molecule has 0 aromatic carbocycles. The molecule has 0 spiro atoms. The van der Waals surface area contributed by atoms with Crippen molar-refractivity contribution >= 4 is 0 Å². The van der Waals surface area contributed by atoms with Gasteiger partial charge in [0.05, 0.1) is 6.10 Å². The van der Waals surface area contributed by atoms with Crippen LogP contribution in [0.25, 0.3) is 0 Å². The SMILES string of the molecule is CNCC1(CN2CCC(C)C(O)C2)CCCC1. The summed E-state index contributed by atoms with van der Waals surface area (Å²) in [5.41, 5.74) is 0.481. The van der Waals surface area contributed by atoms with Gasteiger partial charge in [0.2, 0.25) is 0 Å². The van der Waals surface area contributed by atoms with Crippen molar-refractivity contribution < 1.29 is 5.11 Å². The Morgan fingerprint density at radius 1 is 1.35 bits per heavy atom. The summed E-state index contributed by atoms with van der Waals surface area (Å²) in [4.78, 5) is 2.49. The summed E-state index contributed by atoms with van der Waals surface area (Å²) >= 11 is 0. The normalized spacial score (nSPS) is 34.1. The molecule has 1 saturated carbocycles. The maximum Gasteiger partial charge on any atom is 0.0693 e. The molecule has 100 valence electrons. The van der Waals surface area contributed by atoms with Crippen molar-refractivity contribution in [1.29, 1.82) is 0 Å². The molecule has 2 fully saturated rings. The molecule has 17 heavy (non-hydrogen) atoms. The van der Waals surface area contributed by atoms with Crippen LogP contribution in [0.3, 0.4) is 0 Å². The van der Waals surface area contributed by atoms with Crippen LogP contribution >= 0.6 is 0 Å². The van der Waals surface area contributed by atoms with Gasteiger partial charge in [-0.05, 0) is 44.2 Å². The van der Waals surface area contributed by atoms with Gasteiger partial charge in [-0.2, -0.15) is 0 Å². The van der Waals surface area contributed by atoms with E-state index in [-0.39, 0.29) is 6.10 Å². The van der Waals surface area contributed by atoms with Gasteiger partial charge in [0, 0.05) is 19.6 Å². The lowest BCUT2D eigenvalue weighted by Gasteiger charge is -2.40. The Kier molecular flexibility index (Phi) is 4.45. The summed E-state index contributed by atoms with van der Waals surface area (Å²) in [6.07, 6.45) is 6.52. The first-order valence-electron chi connectivity index (χ1n) is 7.20. The van der Waals surface area contributed by atoms with Gasteiger partial charge in [-0.3, -0.25) is 0 Å². The molecule has 2 atom stereocenters. The Morgan fingerprint density at radius 3 is 2.65 bits per heavy atom. The molecule has 0 bridgehead atoms. The van der Waals surface area contributed by atoms with Crippen LogP contribution < -0.4 is 5.32 Å². The quantitative estimate of drug-likeness (QED) is 0.781. The fraction of sp³-hybridized carbons (Fsp3) is 1.00. The van der Waals surface area contributed by atoms with Crippen molar-refractivity contribution in [1.82, 2.24) is 10.2 Å². The van der Waals surface area contributed by atoms with Crippen LogP contribution in [0.15, 0.2) is 0 Å². The highest BCUT2D eigenvalue weighted by atomic mass is 16.3. The fourth-order valence-electron chi connectivity index (χ4n) is 3.62. The average Bonchev–Trinajstić information content (AvgIpc) is 2.73. The van der Waals surface area contributed by atoms with Gasteiger partial charge in [0.25, 0.3) is 0 Å². The smallest absolute Gasteiger partial charge is 0.0693 e. The molecule has 3 nitrogen and oxygen atoms in total. The Hall–Kier alpha value is -0.120. The topological polar surface area (TPSA) is 35.5 Å². The first-order chi connectivity index (χ1) is 8.15. The predicted molar refractivity (Wildman–Crippen MR) is 71.1 cm³/mol. The van der Waals surface area contributed by atoms with E-state index in [1.54, 1.807) is 0 Å². The number of hydrogen-bond acceptors (Lipinski definition) is 3. The number of nitrogens with zero attached hydrogens (tertiary/aromatic N) is 1. The molecule has 1 aliphatic heterocycles. The molecule has 2 rings (SSSR count). The number of rotatable bonds is 4. The molecule has 0 aromatic heterocycles. The van der Waals surface area contributed by atoms with Crippen molar-refractivity contribution in [2.24, 2.45) is 11.3 Å². The van der Waals surface area contributed by atoms with Crippen LogP contribution in [0.5, 0.6) is 0 Å². The third kappa shape index (κ3) is 3.21. The Morgan fingerprint density at radius 2 is 2.06 bits per heavy atom. The standard InChI is InChI=1S/C14H28N2O/c1-12-5-8-16(9-13(12)17)11-14(10-15-2)6-3-4-7-14/h12-13,15,17H,3-11H2,1-2H3. The molecule has 0 amide bonds. The van der Waals surface area contributed by atoms with Crippen molar-refractivity contribution in [3.8, 4) is 0 Å². The average molecular weight is 240 g/mol. The number of piperidine rings is 1. The monoisotopic (exact) mass is 240 g/mol. The third-order valence-electron chi connectivity index (χ3n) is 4.78. The third-order valence-corrected chi connectivity index (χ3v) is 4.78. The van der Waals surface area contributed by atoms with E-state index >= 15 is 0 Å². The predicted octanol–water partition coefficient (Wildman–Crippen LogP) is 1.47. The number of aliphatic hydroxyl groups excluding tert-OH is 1. The van der Waals surface area contributed by atoms with E-state index in [4.69, 9.17) is 0 Å². The van der Waals surface area contributed by atoms with Gasteiger partial charge in [0.15, 0.2) is 0 Å². The molecule has 0 aromatic rings. The van der Waals surface area contributed by atoms with Crippen LogP contribution in [0, 0.1) is 11.3 Å². The van der Waals surface area contributed by atoms with Gasteiger partial charge < -0.3 is 15.3 Å². The van der Waals surface area contributed by atoms with E-state index in [0.717, 1.165) is 19.5 Å². The highest BCUT2D eigenvalue weighted by molar-refractivity contribution is 4.91. The molecule has 1 saturated heterocycles. The zero-order valence-electron chi connectivity index (χ0n) is 11.4. The lowest BCUT2D eigenvalue weighted by Crippen LogP contribution is -2.49. The second-order valence-electron chi connectivity index (χ2n) is 6.31. The van der Waals surface area contributed by atoms with Gasteiger partial charge in [-0.25, -0.2) is 0 Å². The zero-order chi connectivity index (χ0) is 12.3. The first kappa shape index (κ1) is 13.3.